The van der Waals surface area contributed by atoms with E-state index in [2.05, 4.69) is 63.8 Å². The molecule has 1 saturated heterocycles. The van der Waals surface area contributed by atoms with Crippen LogP contribution in [0.5, 0.6) is 0 Å². The molecule has 0 saturated carbocycles. The summed E-state index contributed by atoms with van der Waals surface area (Å²) in [6.07, 6.45) is 4.98. The van der Waals surface area contributed by atoms with Crippen molar-refractivity contribution in [2.45, 2.75) is 46.1 Å². The summed E-state index contributed by atoms with van der Waals surface area (Å²) in [6.45, 7) is 7.27. The van der Waals surface area contributed by atoms with Crippen LogP contribution in [0.4, 0.5) is 0 Å². The van der Waals surface area contributed by atoms with Gasteiger partial charge in [-0.15, -0.1) is 10.2 Å². The Morgan fingerprint density at radius 1 is 1.11 bits per heavy atom. The lowest BCUT2D eigenvalue weighted by molar-refractivity contribution is 0.150. The first kappa shape index (κ1) is 18.9. The highest BCUT2D eigenvalue weighted by Crippen LogP contribution is 2.25. The third-order valence-corrected chi connectivity index (χ3v) is 6.10. The predicted octanol–water partition coefficient (Wildman–Crippen LogP) is 4.54. The molecular weight excluding hydrogens is 348 g/mol. The average Bonchev–Trinajstić information content (AvgIpc) is 3.28. The van der Waals surface area contributed by atoms with E-state index in [1.807, 2.05) is 13.1 Å². The number of hydrogen-bond acceptors (Lipinski definition) is 4. The van der Waals surface area contributed by atoms with E-state index < -0.39 is 0 Å². The zero-order valence-electron chi connectivity index (χ0n) is 17.2. The van der Waals surface area contributed by atoms with Crippen molar-refractivity contribution in [3.63, 3.8) is 0 Å². The van der Waals surface area contributed by atoms with E-state index in [0.29, 0.717) is 11.8 Å². The van der Waals surface area contributed by atoms with Crippen molar-refractivity contribution < 1.29 is 4.42 Å². The number of nitrogens with zero attached hydrogens (tertiary/aromatic N) is 4. The number of benzene rings is 1. The summed E-state index contributed by atoms with van der Waals surface area (Å²) in [6, 6.07) is 12.9. The SMILES string of the molecule is Cc1ccccc1CC[C@@H]1CCCN(Cc2nnc(-c3ccc(C)n3C)o2)C1. The van der Waals surface area contributed by atoms with Gasteiger partial charge in [0, 0.05) is 19.3 Å². The van der Waals surface area contributed by atoms with Gasteiger partial charge in [0.05, 0.1) is 6.54 Å². The van der Waals surface area contributed by atoms with Gasteiger partial charge in [-0.2, -0.15) is 0 Å². The molecule has 3 heterocycles. The molecule has 0 N–H and O–H groups in total. The Labute approximate surface area is 167 Å². The van der Waals surface area contributed by atoms with Crippen LogP contribution in [0.3, 0.4) is 0 Å². The van der Waals surface area contributed by atoms with Crippen LogP contribution in [0, 0.1) is 19.8 Å². The van der Waals surface area contributed by atoms with E-state index in [1.54, 1.807) is 0 Å². The Kier molecular flexibility index (Phi) is 5.62. The van der Waals surface area contributed by atoms with Gasteiger partial charge in [0.2, 0.25) is 5.89 Å². The lowest BCUT2D eigenvalue weighted by Crippen LogP contribution is -2.35. The largest absolute Gasteiger partial charge is 0.418 e. The molecule has 1 aromatic carbocycles. The molecule has 0 radical (unpaired) electrons. The Morgan fingerprint density at radius 3 is 2.75 bits per heavy atom. The summed E-state index contributed by atoms with van der Waals surface area (Å²) in [5.41, 5.74) is 5.05. The summed E-state index contributed by atoms with van der Waals surface area (Å²) in [7, 11) is 2.03. The fourth-order valence-corrected chi connectivity index (χ4v) is 4.22. The number of aryl methyl sites for hydroxylation is 3. The van der Waals surface area contributed by atoms with Gasteiger partial charge in [0.15, 0.2) is 0 Å². The van der Waals surface area contributed by atoms with Crippen LogP contribution in [-0.4, -0.2) is 32.8 Å². The highest BCUT2D eigenvalue weighted by atomic mass is 16.4. The fraction of sp³-hybridized carbons (Fsp3) is 0.478. The minimum Gasteiger partial charge on any atom is -0.418 e. The second-order valence-corrected chi connectivity index (χ2v) is 8.13. The first-order valence-corrected chi connectivity index (χ1v) is 10.3. The molecule has 0 unspecified atom stereocenters. The highest BCUT2D eigenvalue weighted by Gasteiger charge is 2.22. The molecule has 0 aliphatic carbocycles. The molecule has 0 amide bonds. The molecule has 1 aliphatic heterocycles. The van der Waals surface area contributed by atoms with Gasteiger partial charge < -0.3 is 8.98 Å². The van der Waals surface area contributed by atoms with Crippen molar-refractivity contribution in [1.29, 1.82) is 0 Å². The first-order chi connectivity index (χ1) is 13.6. The van der Waals surface area contributed by atoms with E-state index in [4.69, 9.17) is 4.42 Å². The maximum absolute atomic E-state index is 5.96. The molecule has 0 spiro atoms. The van der Waals surface area contributed by atoms with Gasteiger partial charge in [-0.1, -0.05) is 24.3 Å². The van der Waals surface area contributed by atoms with Crippen molar-refractivity contribution in [2.75, 3.05) is 13.1 Å². The molecule has 4 rings (SSSR count). The highest BCUT2D eigenvalue weighted by molar-refractivity contribution is 5.48. The first-order valence-electron chi connectivity index (χ1n) is 10.3. The summed E-state index contributed by atoms with van der Waals surface area (Å²) in [4.78, 5) is 2.47. The zero-order chi connectivity index (χ0) is 19.5. The van der Waals surface area contributed by atoms with Gasteiger partial charge in [0.1, 0.15) is 5.69 Å². The molecule has 5 heteroatoms. The van der Waals surface area contributed by atoms with Crippen molar-refractivity contribution >= 4 is 0 Å². The van der Waals surface area contributed by atoms with Gasteiger partial charge in [0.25, 0.3) is 5.89 Å². The van der Waals surface area contributed by atoms with E-state index >= 15 is 0 Å². The van der Waals surface area contributed by atoms with Crippen molar-refractivity contribution in [3.8, 4) is 11.6 Å². The van der Waals surface area contributed by atoms with Gasteiger partial charge in [-0.05, 0) is 75.3 Å². The van der Waals surface area contributed by atoms with E-state index in [1.165, 1.54) is 42.5 Å². The van der Waals surface area contributed by atoms with Crippen LogP contribution in [0.25, 0.3) is 11.6 Å². The number of piperidine rings is 1. The van der Waals surface area contributed by atoms with Crippen molar-refractivity contribution in [1.82, 2.24) is 19.7 Å². The van der Waals surface area contributed by atoms with Crippen LogP contribution >= 0.6 is 0 Å². The van der Waals surface area contributed by atoms with Crippen molar-refractivity contribution in [2.24, 2.45) is 13.0 Å². The summed E-state index contributed by atoms with van der Waals surface area (Å²) in [5.74, 6) is 2.07. The van der Waals surface area contributed by atoms with E-state index in [9.17, 15) is 0 Å². The van der Waals surface area contributed by atoms with Crippen LogP contribution in [0.2, 0.25) is 0 Å². The van der Waals surface area contributed by atoms with Gasteiger partial charge >= 0.3 is 0 Å². The molecule has 2 aromatic heterocycles. The van der Waals surface area contributed by atoms with E-state index in [0.717, 1.165) is 31.2 Å². The average molecular weight is 379 g/mol. The normalized spacial score (nSPS) is 17.9. The maximum atomic E-state index is 5.96. The Balaban J connectivity index is 1.34. The number of rotatable bonds is 6. The molecular formula is C23H30N4O. The summed E-state index contributed by atoms with van der Waals surface area (Å²) < 4.78 is 8.05. The fourth-order valence-electron chi connectivity index (χ4n) is 4.22. The topological polar surface area (TPSA) is 47.1 Å². The third kappa shape index (κ3) is 4.20. The van der Waals surface area contributed by atoms with Crippen LogP contribution in [0.15, 0.2) is 40.8 Å². The number of likely N-dealkylation sites (tertiary alicyclic amines) is 1. The molecule has 5 nitrogen and oxygen atoms in total. The maximum Gasteiger partial charge on any atom is 0.264 e. The van der Waals surface area contributed by atoms with Crippen LogP contribution < -0.4 is 0 Å². The predicted molar refractivity (Wildman–Crippen MR) is 111 cm³/mol. The monoisotopic (exact) mass is 378 g/mol. The van der Waals surface area contributed by atoms with Crippen LogP contribution in [0.1, 0.15) is 42.0 Å². The smallest absolute Gasteiger partial charge is 0.264 e. The third-order valence-electron chi connectivity index (χ3n) is 6.10. The second kappa shape index (κ2) is 8.31. The number of hydrogen-bond donors (Lipinski definition) is 0. The number of aromatic nitrogens is 3. The van der Waals surface area contributed by atoms with Gasteiger partial charge in [-0.25, -0.2) is 0 Å². The Morgan fingerprint density at radius 2 is 1.96 bits per heavy atom. The zero-order valence-corrected chi connectivity index (χ0v) is 17.2. The van der Waals surface area contributed by atoms with Crippen molar-refractivity contribution in [3.05, 3.63) is 59.1 Å². The summed E-state index contributed by atoms with van der Waals surface area (Å²) >= 11 is 0. The van der Waals surface area contributed by atoms with E-state index in [-0.39, 0.29) is 0 Å². The molecule has 1 fully saturated rings. The molecule has 1 atom stereocenters. The molecule has 28 heavy (non-hydrogen) atoms. The summed E-state index contributed by atoms with van der Waals surface area (Å²) in [5, 5.41) is 8.56. The minimum absolute atomic E-state index is 0.610. The Bertz CT molecular complexity index is 926. The quantitative estimate of drug-likeness (QED) is 0.632. The lowest BCUT2D eigenvalue weighted by atomic mass is 9.90. The van der Waals surface area contributed by atoms with Crippen LogP contribution in [-0.2, 0) is 20.0 Å². The van der Waals surface area contributed by atoms with Gasteiger partial charge in [-0.3, -0.25) is 4.90 Å². The second-order valence-electron chi connectivity index (χ2n) is 8.13. The molecule has 0 bridgehead atoms. The molecule has 1 aliphatic rings. The standard InChI is InChI=1S/C23H30N4O/c1-17-7-4-5-9-20(17)12-11-19-8-6-14-27(15-19)16-22-24-25-23(28-22)21-13-10-18(2)26(21)3/h4-5,7,9-10,13,19H,6,8,11-12,14-16H2,1-3H3/t19-/m0/s1. The lowest BCUT2D eigenvalue weighted by Gasteiger charge is -2.31. The molecule has 148 valence electrons. The Hall–Kier alpha value is -2.40. The molecule has 3 aromatic rings. The minimum atomic E-state index is 0.610.